The van der Waals surface area contributed by atoms with Crippen molar-refractivity contribution < 1.29 is 13.9 Å². The SMILES string of the molecule is COC(=O)C(C)C(C)n1ccc2c(F)cccc21. The summed E-state index contributed by atoms with van der Waals surface area (Å²) in [6.07, 6.45) is 1.80. The summed E-state index contributed by atoms with van der Waals surface area (Å²) in [5.41, 5.74) is 0.790. The predicted molar refractivity (Wildman–Crippen MR) is 67.8 cm³/mol. The molecule has 3 nitrogen and oxygen atoms in total. The Bertz CT molecular complexity index is 576. The van der Waals surface area contributed by atoms with E-state index in [-0.39, 0.29) is 23.7 Å². The minimum absolute atomic E-state index is 0.0863. The molecular formula is C14H16FNO2. The highest BCUT2D eigenvalue weighted by molar-refractivity contribution is 5.81. The third kappa shape index (κ3) is 1.98. The van der Waals surface area contributed by atoms with Crippen molar-refractivity contribution in [1.82, 2.24) is 4.57 Å². The van der Waals surface area contributed by atoms with E-state index in [9.17, 15) is 9.18 Å². The fourth-order valence-electron chi connectivity index (χ4n) is 2.13. The average molecular weight is 249 g/mol. The van der Waals surface area contributed by atoms with Gasteiger partial charge in [-0.15, -0.1) is 0 Å². The van der Waals surface area contributed by atoms with E-state index in [0.717, 1.165) is 5.52 Å². The molecule has 2 unspecified atom stereocenters. The van der Waals surface area contributed by atoms with Gasteiger partial charge in [0, 0.05) is 17.6 Å². The maximum atomic E-state index is 13.6. The van der Waals surface area contributed by atoms with Crippen LogP contribution in [0.15, 0.2) is 30.5 Å². The lowest BCUT2D eigenvalue weighted by molar-refractivity contribution is -0.146. The summed E-state index contributed by atoms with van der Waals surface area (Å²) in [5, 5.41) is 0.571. The molecule has 0 radical (unpaired) electrons. The summed E-state index contributed by atoms with van der Waals surface area (Å²) < 4.78 is 20.2. The lowest BCUT2D eigenvalue weighted by Crippen LogP contribution is -2.22. The molecule has 0 N–H and O–H groups in total. The lowest BCUT2D eigenvalue weighted by Gasteiger charge is -2.20. The second-order valence-electron chi connectivity index (χ2n) is 4.45. The normalized spacial score (nSPS) is 14.4. The lowest BCUT2D eigenvalue weighted by atomic mass is 10.0. The van der Waals surface area contributed by atoms with Crippen LogP contribution in [-0.2, 0) is 9.53 Å². The van der Waals surface area contributed by atoms with Gasteiger partial charge in [-0.2, -0.15) is 0 Å². The molecule has 96 valence electrons. The molecule has 1 heterocycles. The van der Waals surface area contributed by atoms with Crippen molar-refractivity contribution in [3.05, 3.63) is 36.3 Å². The van der Waals surface area contributed by atoms with Gasteiger partial charge < -0.3 is 9.30 Å². The van der Waals surface area contributed by atoms with Gasteiger partial charge in [-0.05, 0) is 32.0 Å². The molecule has 2 aromatic rings. The first kappa shape index (κ1) is 12.6. The standard InChI is InChI=1S/C14H16FNO2/c1-9(14(17)18-3)10(2)16-8-7-11-12(15)5-4-6-13(11)16/h4-10H,1-3H3. The third-order valence-electron chi connectivity index (χ3n) is 3.45. The van der Waals surface area contributed by atoms with Crippen LogP contribution in [0.1, 0.15) is 19.9 Å². The first-order chi connectivity index (χ1) is 8.56. The monoisotopic (exact) mass is 249 g/mol. The van der Waals surface area contributed by atoms with E-state index >= 15 is 0 Å². The molecule has 0 aliphatic rings. The zero-order valence-electron chi connectivity index (χ0n) is 10.7. The molecule has 0 spiro atoms. The predicted octanol–water partition coefficient (Wildman–Crippen LogP) is 3.15. The third-order valence-corrected chi connectivity index (χ3v) is 3.45. The smallest absolute Gasteiger partial charge is 0.310 e. The van der Waals surface area contributed by atoms with Crippen LogP contribution in [0.2, 0.25) is 0 Å². The minimum Gasteiger partial charge on any atom is -0.469 e. The number of carbonyl (C=O) groups excluding carboxylic acids is 1. The molecule has 0 bridgehead atoms. The summed E-state index contributed by atoms with van der Waals surface area (Å²) in [7, 11) is 1.37. The number of esters is 1. The van der Waals surface area contributed by atoms with Crippen LogP contribution in [0, 0.1) is 11.7 Å². The molecule has 2 atom stereocenters. The Morgan fingerprint density at radius 1 is 1.33 bits per heavy atom. The Labute approximate surface area is 105 Å². The molecule has 4 heteroatoms. The van der Waals surface area contributed by atoms with E-state index in [2.05, 4.69) is 0 Å². The van der Waals surface area contributed by atoms with Crippen molar-refractivity contribution in [3.8, 4) is 0 Å². The van der Waals surface area contributed by atoms with E-state index in [1.165, 1.54) is 13.2 Å². The molecule has 0 aliphatic heterocycles. The highest BCUT2D eigenvalue weighted by Gasteiger charge is 2.23. The molecule has 0 aliphatic carbocycles. The van der Waals surface area contributed by atoms with E-state index in [1.807, 2.05) is 24.5 Å². The topological polar surface area (TPSA) is 31.2 Å². The van der Waals surface area contributed by atoms with Gasteiger partial charge in [-0.1, -0.05) is 6.07 Å². The Balaban J connectivity index is 2.42. The summed E-state index contributed by atoms with van der Waals surface area (Å²) in [5.74, 6) is -0.793. The molecule has 2 rings (SSSR count). The number of ether oxygens (including phenoxy) is 1. The Morgan fingerprint density at radius 3 is 2.72 bits per heavy atom. The van der Waals surface area contributed by atoms with Gasteiger partial charge in [-0.3, -0.25) is 4.79 Å². The van der Waals surface area contributed by atoms with Gasteiger partial charge in [0.25, 0.3) is 0 Å². The fraction of sp³-hybridized carbons (Fsp3) is 0.357. The van der Waals surface area contributed by atoms with Gasteiger partial charge >= 0.3 is 5.97 Å². The number of nitrogens with zero attached hydrogens (tertiary/aromatic N) is 1. The molecule has 0 amide bonds. The Morgan fingerprint density at radius 2 is 2.06 bits per heavy atom. The highest BCUT2D eigenvalue weighted by atomic mass is 19.1. The van der Waals surface area contributed by atoms with Crippen LogP contribution >= 0.6 is 0 Å². The number of benzene rings is 1. The van der Waals surface area contributed by atoms with E-state index in [1.54, 1.807) is 18.3 Å². The van der Waals surface area contributed by atoms with Crippen molar-refractivity contribution in [3.63, 3.8) is 0 Å². The molecular weight excluding hydrogens is 233 g/mol. The van der Waals surface area contributed by atoms with Crippen LogP contribution in [0.25, 0.3) is 10.9 Å². The highest BCUT2D eigenvalue weighted by Crippen LogP contribution is 2.26. The summed E-state index contributed by atoms with van der Waals surface area (Å²) in [4.78, 5) is 11.5. The van der Waals surface area contributed by atoms with Gasteiger partial charge in [-0.25, -0.2) is 4.39 Å². The Kier molecular flexibility index (Phi) is 3.36. The van der Waals surface area contributed by atoms with Gasteiger partial charge in [0.2, 0.25) is 0 Å². The van der Waals surface area contributed by atoms with Crippen molar-refractivity contribution in [1.29, 1.82) is 0 Å². The maximum absolute atomic E-state index is 13.6. The molecule has 18 heavy (non-hydrogen) atoms. The van der Waals surface area contributed by atoms with Crippen LogP contribution in [0.5, 0.6) is 0 Å². The molecule has 1 aromatic carbocycles. The van der Waals surface area contributed by atoms with Crippen molar-refractivity contribution >= 4 is 16.9 Å². The Hall–Kier alpha value is -1.84. The summed E-state index contributed by atoms with van der Waals surface area (Å²) >= 11 is 0. The summed E-state index contributed by atoms with van der Waals surface area (Å²) in [6, 6.07) is 6.59. The number of aromatic nitrogens is 1. The molecule has 0 saturated carbocycles. The molecule has 0 fully saturated rings. The number of hydrogen-bond acceptors (Lipinski definition) is 2. The van der Waals surface area contributed by atoms with Crippen LogP contribution in [-0.4, -0.2) is 17.6 Å². The number of methoxy groups -OCH3 is 1. The second-order valence-corrected chi connectivity index (χ2v) is 4.45. The second kappa shape index (κ2) is 4.80. The maximum Gasteiger partial charge on any atom is 0.310 e. The first-order valence-electron chi connectivity index (χ1n) is 5.89. The zero-order chi connectivity index (χ0) is 13.3. The largest absolute Gasteiger partial charge is 0.469 e. The molecule has 0 saturated heterocycles. The van der Waals surface area contributed by atoms with E-state index < -0.39 is 0 Å². The van der Waals surface area contributed by atoms with E-state index in [0.29, 0.717) is 5.39 Å². The minimum atomic E-state index is -0.283. The number of fused-ring (bicyclic) bond motifs is 1. The van der Waals surface area contributed by atoms with Crippen molar-refractivity contribution in [2.75, 3.05) is 7.11 Å². The quantitative estimate of drug-likeness (QED) is 0.782. The summed E-state index contributed by atoms with van der Waals surface area (Å²) in [6.45, 7) is 3.73. The van der Waals surface area contributed by atoms with Gasteiger partial charge in [0.1, 0.15) is 5.82 Å². The van der Waals surface area contributed by atoms with Crippen LogP contribution < -0.4 is 0 Å². The molecule has 1 aromatic heterocycles. The van der Waals surface area contributed by atoms with E-state index in [4.69, 9.17) is 4.74 Å². The number of halogens is 1. The number of rotatable bonds is 3. The van der Waals surface area contributed by atoms with Crippen LogP contribution in [0.4, 0.5) is 4.39 Å². The fourth-order valence-corrected chi connectivity index (χ4v) is 2.13. The van der Waals surface area contributed by atoms with Crippen molar-refractivity contribution in [2.45, 2.75) is 19.9 Å². The average Bonchev–Trinajstić information content (AvgIpc) is 2.81. The van der Waals surface area contributed by atoms with Gasteiger partial charge in [0.05, 0.1) is 18.5 Å². The number of carbonyl (C=O) groups is 1. The number of hydrogen-bond donors (Lipinski definition) is 0. The zero-order valence-corrected chi connectivity index (χ0v) is 10.7. The van der Waals surface area contributed by atoms with Crippen LogP contribution in [0.3, 0.4) is 0 Å². The first-order valence-corrected chi connectivity index (χ1v) is 5.89. The van der Waals surface area contributed by atoms with Gasteiger partial charge in [0.15, 0.2) is 0 Å². The van der Waals surface area contributed by atoms with Crippen molar-refractivity contribution in [2.24, 2.45) is 5.92 Å².